The molecule has 0 radical (unpaired) electrons. The van der Waals surface area contributed by atoms with Gasteiger partial charge in [-0.15, -0.1) is 0 Å². The number of aryl methyl sites for hydroxylation is 1. The molecule has 0 bridgehead atoms. The van der Waals surface area contributed by atoms with Gasteiger partial charge in [0.05, 0.1) is 18.2 Å². The molecule has 1 aliphatic rings. The van der Waals surface area contributed by atoms with Crippen LogP contribution in [0.4, 0.5) is 0 Å². The van der Waals surface area contributed by atoms with E-state index >= 15 is 0 Å². The van der Waals surface area contributed by atoms with Crippen molar-refractivity contribution in [1.29, 1.82) is 5.26 Å². The Morgan fingerprint density at radius 2 is 2.19 bits per heavy atom. The van der Waals surface area contributed by atoms with Crippen molar-refractivity contribution < 1.29 is 14.4 Å². The third-order valence-electron chi connectivity index (χ3n) is 3.61. The minimum Gasteiger partial charge on any atom is -0.439 e. The van der Waals surface area contributed by atoms with Gasteiger partial charge in [0.15, 0.2) is 0 Å². The van der Waals surface area contributed by atoms with Crippen LogP contribution < -0.4 is 10.2 Å². The number of benzene rings is 1. The molecule has 1 aromatic carbocycles. The number of fused-ring (bicyclic) bond motifs is 1. The van der Waals surface area contributed by atoms with Crippen molar-refractivity contribution in [3.63, 3.8) is 0 Å². The fourth-order valence-corrected chi connectivity index (χ4v) is 2.27. The fourth-order valence-electron chi connectivity index (χ4n) is 2.27. The SMILES string of the molecule is Cc1nc(Oc2ccc3c(c2)COB3O)cc(C#N)c1C. The van der Waals surface area contributed by atoms with E-state index in [9.17, 15) is 5.02 Å². The molecule has 0 atom stereocenters. The van der Waals surface area contributed by atoms with Crippen molar-refractivity contribution in [2.45, 2.75) is 20.5 Å². The molecular weight excluding hydrogens is 267 g/mol. The minimum atomic E-state index is -0.862. The van der Waals surface area contributed by atoms with E-state index < -0.39 is 7.12 Å². The second-order valence-corrected chi connectivity index (χ2v) is 4.96. The van der Waals surface area contributed by atoms with Crippen molar-refractivity contribution >= 4 is 12.6 Å². The summed E-state index contributed by atoms with van der Waals surface area (Å²) in [7, 11) is -0.862. The van der Waals surface area contributed by atoms with Crippen molar-refractivity contribution in [3.05, 3.63) is 46.6 Å². The number of nitrogens with zero attached hydrogens (tertiary/aromatic N) is 2. The molecule has 21 heavy (non-hydrogen) atoms. The second-order valence-electron chi connectivity index (χ2n) is 4.96. The van der Waals surface area contributed by atoms with Gasteiger partial charge in [0.1, 0.15) is 5.75 Å². The van der Waals surface area contributed by atoms with Crippen LogP contribution in [0.15, 0.2) is 24.3 Å². The van der Waals surface area contributed by atoms with Gasteiger partial charge >= 0.3 is 7.12 Å². The highest BCUT2D eigenvalue weighted by molar-refractivity contribution is 6.61. The third kappa shape index (κ3) is 2.49. The highest BCUT2D eigenvalue weighted by Gasteiger charge is 2.27. The molecule has 1 aliphatic heterocycles. The molecule has 0 aliphatic carbocycles. The van der Waals surface area contributed by atoms with Gasteiger partial charge in [0, 0.05) is 11.8 Å². The number of aromatic nitrogens is 1. The first-order chi connectivity index (χ1) is 10.1. The van der Waals surface area contributed by atoms with Crippen LogP contribution in [0.2, 0.25) is 0 Å². The van der Waals surface area contributed by atoms with Gasteiger partial charge in [-0.3, -0.25) is 0 Å². The number of pyridine rings is 1. The number of hydrogen-bond donors (Lipinski definition) is 1. The molecule has 0 fully saturated rings. The maximum atomic E-state index is 9.59. The molecule has 1 aromatic heterocycles. The normalized spacial score (nSPS) is 13.0. The summed E-state index contributed by atoms with van der Waals surface area (Å²) in [6.07, 6.45) is 0. The second kappa shape index (κ2) is 5.21. The lowest BCUT2D eigenvalue weighted by molar-refractivity contribution is 0.275. The zero-order chi connectivity index (χ0) is 15.0. The average molecular weight is 280 g/mol. The smallest absolute Gasteiger partial charge is 0.439 e. The number of ether oxygens (including phenoxy) is 1. The van der Waals surface area contributed by atoms with Crippen molar-refractivity contribution in [1.82, 2.24) is 4.98 Å². The van der Waals surface area contributed by atoms with Crippen LogP contribution >= 0.6 is 0 Å². The van der Waals surface area contributed by atoms with Gasteiger partial charge in [-0.05, 0) is 42.6 Å². The molecule has 6 heteroatoms. The topological polar surface area (TPSA) is 75.4 Å². The molecule has 2 aromatic rings. The van der Waals surface area contributed by atoms with E-state index in [0.29, 0.717) is 23.8 Å². The Morgan fingerprint density at radius 1 is 1.38 bits per heavy atom. The highest BCUT2D eigenvalue weighted by Crippen LogP contribution is 2.24. The Hall–Kier alpha value is -2.36. The summed E-state index contributed by atoms with van der Waals surface area (Å²) in [5, 5.41) is 18.7. The van der Waals surface area contributed by atoms with Crippen LogP contribution in [-0.4, -0.2) is 17.1 Å². The molecular formula is C15H13BN2O3. The van der Waals surface area contributed by atoms with Crippen LogP contribution in [-0.2, 0) is 11.3 Å². The average Bonchev–Trinajstić information content (AvgIpc) is 2.83. The lowest BCUT2D eigenvalue weighted by Crippen LogP contribution is -2.27. The number of nitriles is 1. The van der Waals surface area contributed by atoms with Crippen molar-refractivity contribution in [2.24, 2.45) is 0 Å². The van der Waals surface area contributed by atoms with Gasteiger partial charge in [-0.25, -0.2) is 4.98 Å². The van der Waals surface area contributed by atoms with Crippen LogP contribution in [0, 0.1) is 25.2 Å². The Morgan fingerprint density at radius 3 is 2.95 bits per heavy atom. The summed E-state index contributed by atoms with van der Waals surface area (Å²) in [5.41, 5.74) is 3.83. The van der Waals surface area contributed by atoms with Crippen LogP contribution in [0.3, 0.4) is 0 Å². The first kappa shape index (κ1) is 13.6. The summed E-state index contributed by atoms with van der Waals surface area (Å²) in [6, 6.07) is 9.10. The first-order valence-corrected chi connectivity index (χ1v) is 6.57. The van der Waals surface area contributed by atoms with E-state index in [1.54, 1.807) is 18.2 Å². The lowest BCUT2D eigenvalue weighted by atomic mass is 9.80. The standard InChI is InChI=1S/C15H13BN2O3/c1-9-10(2)18-15(6-11(9)7-17)21-13-3-4-14-12(5-13)8-20-16(14)19/h3-6,19H,8H2,1-2H3. The monoisotopic (exact) mass is 280 g/mol. The van der Waals surface area contributed by atoms with Crippen LogP contribution in [0.1, 0.15) is 22.4 Å². The van der Waals surface area contributed by atoms with E-state index in [-0.39, 0.29) is 0 Å². The third-order valence-corrected chi connectivity index (χ3v) is 3.61. The van der Waals surface area contributed by atoms with E-state index in [1.165, 1.54) is 0 Å². The molecule has 104 valence electrons. The molecule has 0 spiro atoms. The van der Waals surface area contributed by atoms with Gasteiger partial charge in [-0.1, -0.05) is 6.07 Å². The Labute approximate surface area is 122 Å². The molecule has 0 saturated carbocycles. The molecule has 3 rings (SSSR count). The molecule has 0 saturated heterocycles. The Bertz CT molecular complexity index is 755. The zero-order valence-electron chi connectivity index (χ0n) is 11.8. The zero-order valence-corrected chi connectivity index (χ0v) is 11.8. The summed E-state index contributed by atoms with van der Waals surface area (Å²) >= 11 is 0. The minimum absolute atomic E-state index is 0.359. The van der Waals surface area contributed by atoms with Gasteiger partial charge in [0.2, 0.25) is 5.88 Å². The van der Waals surface area contributed by atoms with Crippen molar-refractivity contribution in [3.8, 4) is 17.7 Å². The molecule has 0 amide bonds. The lowest BCUT2D eigenvalue weighted by Gasteiger charge is -2.09. The van der Waals surface area contributed by atoms with Crippen LogP contribution in [0.5, 0.6) is 11.6 Å². The number of rotatable bonds is 2. The largest absolute Gasteiger partial charge is 0.491 e. The maximum Gasteiger partial charge on any atom is 0.491 e. The molecule has 5 nitrogen and oxygen atoms in total. The van der Waals surface area contributed by atoms with Gasteiger partial charge < -0.3 is 14.4 Å². The van der Waals surface area contributed by atoms with E-state index in [1.807, 2.05) is 19.9 Å². The molecule has 1 N–H and O–H groups in total. The quantitative estimate of drug-likeness (QED) is 0.845. The van der Waals surface area contributed by atoms with Crippen molar-refractivity contribution in [2.75, 3.05) is 0 Å². The molecule has 2 heterocycles. The maximum absolute atomic E-state index is 9.59. The summed E-state index contributed by atoms with van der Waals surface area (Å²) in [4.78, 5) is 4.33. The summed E-state index contributed by atoms with van der Waals surface area (Å²) in [6.45, 7) is 4.06. The predicted molar refractivity (Wildman–Crippen MR) is 77.3 cm³/mol. The predicted octanol–water partition coefficient (Wildman–Crippen LogP) is 1.58. The van der Waals surface area contributed by atoms with E-state index in [4.69, 9.17) is 14.7 Å². The fraction of sp³-hybridized carbons (Fsp3) is 0.200. The highest BCUT2D eigenvalue weighted by atomic mass is 16.5. The van der Waals surface area contributed by atoms with E-state index in [2.05, 4.69) is 11.1 Å². The number of hydrogen-bond acceptors (Lipinski definition) is 5. The summed E-state index contributed by atoms with van der Waals surface area (Å²) in [5.74, 6) is 0.986. The van der Waals surface area contributed by atoms with E-state index in [0.717, 1.165) is 22.3 Å². The molecule has 0 unspecified atom stereocenters. The summed E-state index contributed by atoms with van der Waals surface area (Å²) < 4.78 is 10.9. The Balaban J connectivity index is 1.91. The van der Waals surface area contributed by atoms with Gasteiger partial charge in [0.25, 0.3) is 0 Å². The van der Waals surface area contributed by atoms with Gasteiger partial charge in [-0.2, -0.15) is 5.26 Å². The Kier molecular flexibility index (Phi) is 3.38. The van der Waals surface area contributed by atoms with Crippen LogP contribution in [0.25, 0.3) is 0 Å². The first-order valence-electron chi connectivity index (χ1n) is 6.57.